The molecular weight excluding hydrogens is 385 g/mol. The summed E-state index contributed by atoms with van der Waals surface area (Å²) in [6, 6.07) is 5.28. The fourth-order valence-corrected chi connectivity index (χ4v) is 4.22. The zero-order valence-electron chi connectivity index (χ0n) is 17.7. The van der Waals surface area contributed by atoms with Crippen LogP contribution >= 0.6 is 0 Å². The van der Waals surface area contributed by atoms with Gasteiger partial charge in [-0.05, 0) is 63.5 Å². The summed E-state index contributed by atoms with van der Waals surface area (Å²) in [6.07, 6.45) is 4.74. The molecule has 164 valence electrons. The zero-order chi connectivity index (χ0) is 21.9. The van der Waals surface area contributed by atoms with Crippen LogP contribution in [0.4, 0.5) is 0 Å². The summed E-state index contributed by atoms with van der Waals surface area (Å²) in [6.45, 7) is 4.77. The van der Waals surface area contributed by atoms with Gasteiger partial charge in [0.1, 0.15) is 5.75 Å². The molecule has 9 heteroatoms. The fraction of sp³-hybridized carbons (Fsp3) is 0.619. The third kappa shape index (κ3) is 5.96. The molecule has 1 heterocycles. The van der Waals surface area contributed by atoms with E-state index in [1.807, 2.05) is 13.8 Å². The summed E-state index contributed by atoms with van der Waals surface area (Å²) in [7, 11) is -1.28. The molecule has 0 radical (unpaired) electrons. The van der Waals surface area contributed by atoms with E-state index in [-0.39, 0.29) is 22.8 Å². The van der Waals surface area contributed by atoms with Crippen LogP contribution in [0, 0.1) is 5.92 Å². The molecule has 3 rings (SSSR count). The van der Waals surface area contributed by atoms with Crippen molar-refractivity contribution in [3.05, 3.63) is 29.3 Å². The van der Waals surface area contributed by atoms with Crippen molar-refractivity contribution in [2.75, 3.05) is 6.54 Å². The molecule has 1 aromatic carbocycles. The second-order valence-electron chi connectivity index (χ2n) is 9.28. The lowest BCUT2D eigenvalue weighted by Gasteiger charge is -2.32. The monoisotopic (exact) mass is 417 g/mol. The van der Waals surface area contributed by atoms with Crippen molar-refractivity contribution in [3.63, 3.8) is 0 Å². The van der Waals surface area contributed by atoms with Crippen molar-refractivity contribution in [1.82, 2.24) is 10.6 Å². The van der Waals surface area contributed by atoms with Crippen molar-refractivity contribution in [2.45, 2.75) is 69.9 Å². The topological polar surface area (TPSA) is 134 Å². The Balaban J connectivity index is 1.48. The van der Waals surface area contributed by atoms with Crippen LogP contribution in [0.3, 0.4) is 0 Å². The number of carbonyl (C=O) groups excluding carboxylic acids is 1. The first kappa shape index (κ1) is 22.6. The number of nitrogens with two attached hydrogens (primary N) is 1. The maximum absolute atomic E-state index is 12.5. The molecule has 2 aliphatic rings. The highest BCUT2D eigenvalue weighted by Gasteiger charge is 2.38. The Bertz CT molecular complexity index is 774. The van der Waals surface area contributed by atoms with Crippen LogP contribution in [-0.4, -0.2) is 53.2 Å². The van der Waals surface area contributed by atoms with E-state index in [9.17, 15) is 19.7 Å². The Morgan fingerprint density at radius 2 is 1.97 bits per heavy atom. The van der Waals surface area contributed by atoms with Crippen molar-refractivity contribution < 1.29 is 24.4 Å². The molecule has 1 fully saturated rings. The van der Waals surface area contributed by atoms with E-state index in [1.165, 1.54) is 6.07 Å². The Morgan fingerprint density at radius 1 is 1.27 bits per heavy atom. The Kier molecular flexibility index (Phi) is 7.05. The van der Waals surface area contributed by atoms with Crippen LogP contribution in [0.25, 0.3) is 0 Å². The second-order valence-corrected chi connectivity index (χ2v) is 9.28. The molecule has 30 heavy (non-hydrogen) atoms. The quantitative estimate of drug-likeness (QED) is 0.420. The number of nitrogens with one attached hydrogen (secondary N) is 2. The average molecular weight is 417 g/mol. The molecule has 1 aromatic rings. The molecule has 8 nitrogen and oxygen atoms in total. The molecule has 1 aliphatic heterocycles. The van der Waals surface area contributed by atoms with E-state index in [4.69, 9.17) is 10.4 Å². The van der Waals surface area contributed by atoms with E-state index < -0.39 is 19.0 Å². The highest BCUT2D eigenvalue weighted by molar-refractivity contribution is 6.47. The van der Waals surface area contributed by atoms with Gasteiger partial charge in [-0.2, -0.15) is 0 Å². The first-order valence-corrected chi connectivity index (χ1v) is 10.6. The summed E-state index contributed by atoms with van der Waals surface area (Å²) in [5.74, 6) is -1.32. The van der Waals surface area contributed by atoms with Gasteiger partial charge < -0.3 is 31.2 Å². The maximum Gasteiger partial charge on any atom is 0.547 e. The minimum Gasteiger partial charge on any atom is -0.534 e. The molecule has 6 N–H and O–H groups in total. The van der Waals surface area contributed by atoms with E-state index in [2.05, 4.69) is 10.6 Å². The number of aromatic carboxylic acids is 1. The van der Waals surface area contributed by atoms with Gasteiger partial charge in [0.2, 0.25) is 5.91 Å². The van der Waals surface area contributed by atoms with E-state index in [0.717, 1.165) is 32.2 Å². The number of rotatable bonds is 7. The standard InChI is InChI=1S/C21H32BN3O5/c1-21(2,23)12-24-15-8-6-13(7-9-15)10-18(26)25-17-11-14-4-3-5-16(20(27)28)19(14)30-22(17)29/h3-5,13,15,17,24,29H,6-12,23H2,1-2H3,(H,25,26)(H,27,28)/t13?,15?,17-/m0/s1. The highest BCUT2D eigenvalue weighted by atomic mass is 16.5. The van der Waals surface area contributed by atoms with Crippen molar-refractivity contribution in [1.29, 1.82) is 0 Å². The summed E-state index contributed by atoms with van der Waals surface area (Å²) < 4.78 is 5.44. The average Bonchev–Trinajstić information content (AvgIpc) is 2.67. The van der Waals surface area contributed by atoms with Crippen LogP contribution in [0.2, 0.25) is 0 Å². The number of amides is 1. The molecule has 0 saturated heterocycles. The number of carboxylic acids is 1. The SMILES string of the molecule is CC(C)(N)CNC1CCC(CC(=O)N[C@H]2Cc3cccc(C(=O)O)c3OB2O)CC1. The van der Waals surface area contributed by atoms with Gasteiger partial charge >= 0.3 is 13.1 Å². The van der Waals surface area contributed by atoms with Gasteiger partial charge in [0.05, 0.1) is 11.5 Å². The molecule has 1 atom stereocenters. The predicted octanol–water partition coefficient (Wildman–Crippen LogP) is 1.10. The second kappa shape index (κ2) is 9.37. The van der Waals surface area contributed by atoms with Gasteiger partial charge in [0.25, 0.3) is 0 Å². The summed E-state index contributed by atoms with van der Waals surface area (Å²) in [5.41, 5.74) is 6.47. The number of fused-ring (bicyclic) bond motifs is 1. The van der Waals surface area contributed by atoms with E-state index in [0.29, 0.717) is 30.4 Å². The number of hydrogen-bond donors (Lipinski definition) is 5. The number of carbonyl (C=O) groups is 2. The molecule has 0 bridgehead atoms. The molecule has 1 saturated carbocycles. The minimum atomic E-state index is -1.28. The third-order valence-corrected chi connectivity index (χ3v) is 5.86. The number of para-hydroxylation sites is 1. The molecule has 0 aromatic heterocycles. The Labute approximate surface area is 177 Å². The van der Waals surface area contributed by atoms with Crippen LogP contribution in [-0.2, 0) is 11.2 Å². The number of carboxylic acid groups (broad SMARTS) is 1. The predicted molar refractivity (Wildman–Crippen MR) is 114 cm³/mol. The van der Waals surface area contributed by atoms with Gasteiger partial charge in [-0.1, -0.05) is 12.1 Å². The van der Waals surface area contributed by atoms with Gasteiger partial charge in [-0.25, -0.2) is 4.79 Å². The van der Waals surface area contributed by atoms with E-state index >= 15 is 0 Å². The van der Waals surface area contributed by atoms with Gasteiger partial charge in [0, 0.05) is 24.5 Å². The number of hydrogen-bond acceptors (Lipinski definition) is 6. The lowest BCUT2D eigenvalue weighted by atomic mass is 9.72. The van der Waals surface area contributed by atoms with Crippen LogP contribution < -0.4 is 21.0 Å². The lowest BCUT2D eigenvalue weighted by molar-refractivity contribution is -0.122. The lowest BCUT2D eigenvalue weighted by Crippen LogP contribution is -2.53. The van der Waals surface area contributed by atoms with Gasteiger partial charge in [-0.3, -0.25) is 4.79 Å². The van der Waals surface area contributed by atoms with Gasteiger partial charge in [0.15, 0.2) is 0 Å². The minimum absolute atomic E-state index is 0.0136. The number of benzene rings is 1. The maximum atomic E-state index is 12.5. The molecule has 1 amide bonds. The largest absolute Gasteiger partial charge is 0.547 e. The summed E-state index contributed by atoms with van der Waals surface area (Å²) in [5, 5.41) is 25.9. The molecule has 0 unspecified atom stereocenters. The normalized spacial score (nSPS) is 24.0. The summed E-state index contributed by atoms with van der Waals surface area (Å²) in [4.78, 5) is 23.9. The van der Waals surface area contributed by atoms with E-state index in [1.54, 1.807) is 12.1 Å². The van der Waals surface area contributed by atoms with Crippen LogP contribution in [0.15, 0.2) is 18.2 Å². The fourth-order valence-electron chi connectivity index (χ4n) is 4.22. The smallest absolute Gasteiger partial charge is 0.534 e. The first-order chi connectivity index (χ1) is 14.1. The van der Waals surface area contributed by atoms with Crippen molar-refractivity contribution in [2.24, 2.45) is 11.7 Å². The van der Waals surface area contributed by atoms with Gasteiger partial charge in [-0.15, -0.1) is 0 Å². The molecule has 0 spiro atoms. The van der Waals surface area contributed by atoms with Crippen LogP contribution in [0.5, 0.6) is 5.75 Å². The Hall–Kier alpha value is -2.10. The summed E-state index contributed by atoms with van der Waals surface area (Å²) >= 11 is 0. The van der Waals surface area contributed by atoms with Crippen LogP contribution in [0.1, 0.15) is 61.9 Å². The van der Waals surface area contributed by atoms with Crippen molar-refractivity contribution in [3.8, 4) is 5.75 Å². The highest BCUT2D eigenvalue weighted by Crippen LogP contribution is 2.31. The third-order valence-electron chi connectivity index (χ3n) is 5.86. The molecule has 1 aliphatic carbocycles. The Morgan fingerprint density at radius 3 is 2.60 bits per heavy atom. The first-order valence-electron chi connectivity index (χ1n) is 10.6. The zero-order valence-corrected chi connectivity index (χ0v) is 17.7. The van der Waals surface area contributed by atoms with Crippen molar-refractivity contribution >= 4 is 19.0 Å². The molecular formula is C21H32BN3O5.